The quantitative estimate of drug-likeness (QED) is 0.807. The summed E-state index contributed by atoms with van der Waals surface area (Å²) >= 11 is 0. The first kappa shape index (κ1) is 13.9. The van der Waals surface area contributed by atoms with Gasteiger partial charge in [-0.05, 0) is 42.4 Å². The van der Waals surface area contributed by atoms with Gasteiger partial charge in [-0.25, -0.2) is 0 Å². The predicted octanol–water partition coefficient (Wildman–Crippen LogP) is 2.44. The third-order valence-electron chi connectivity index (χ3n) is 5.49. The number of rotatable bonds is 4. The van der Waals surface area contributed by atoms with Gasteiger partial charge in [0.15, 0.2) is 0 Å². The number of nitrogens with two attached hydrogens (primary N) is 1. The monoisotopic (exact) mass is 252 g/mol. The van der Waals surface area contributed by atoms with Crippen LogP contribution in [0.5, 0.6) is 0 Å². The van der Waals surface area contributed by atoms with Crippen LogP contribution in [0.3, 0.4) is 0 Å². The standard InChI is InChI=1S/C15H28N2O/c1-5-6-11(16)12(18)17-13-14(2,3)10-7-8-15(13,4)9-10/h10-11,13H,5-9,16H2,1-4H3,(H,17,18). The molecule has 4 atom stereocenters. The Hall–Kier alpha value is -0.570. The molecule has 2 bridgehead atoms. The number of hydrogen-bond acceptors (Lipinski definition) is 2. The Balaban J connectivity index is 2.07. The van der Waals surface area contributed by atoms with Gasteiger partial charge >= 0.3 is 0 Å². The molecule has 0 aromatic heterocycles. The lowest BCUT2D eigenvalue weighted by Crippen LogP contribution is -2.55. The van der Waals surface area contributed by atoms with E-state index in [9.17, 15) is 4.79 Å². The minimum atomic E-state index is -0.339. The second-order valence-corrected chi connectivity index (χ2v) is 7.25. The van der Waals surface area contributed by atoms with Crippen molar-refractivity contribution in [3.05, 3.63) is 0 Å². The molecule has 1 amide bonds. The van der Waals surface area contributed by atoms with Crippen molar-refractivity contribution in [2.24, 2.45) is 22.5 Å². The summed E-state index contributed by atoms with van der Waals surface area (Å²) < 4.78 is 0. The van der Waals surface area contributed by atoms with Crippen LogP contribution in [0.4, 0.5) is 0 Å². The Morgan fingerprint density at radius 3 is 2.61 bits per heavy atom. The fourth-order valence-corrected chi connectivity index (χ4v) is 4.35. The van der Waals surface area contributed by atoms with E-state index in [0.29, 0.717) is 6.04 Å². The van der Waals surface area contributed by atoms with Gasteiger partial charge in [-0.2, -0.15) is 0 Å². The smallest absolute Gasteiger partial charge is 0.237 e. The van der Waals surface area contributed by atoms with Crippen LogP contribution >= 0.6 is 0 Å². The van der Waals surface area contributed by atoms with E-state index in [0.717, 1.165) is 18.8 Å². The summed E-state index contributed by atoms with van der Waals surface area (Å²) in [5.41, 5.74) is 6.43. The van der Waals surface area contributed by atoms with E-state index in [4.69, 9.17) is 5.73 Å². The Morgan fingerprint density at radius 1 is 1.44 bits per heavy atom. The molecule has 4 unspecified atom stereocenters. The largest absolute Gasteiger partial charge is 0.351 e. The van der Waals surface area contributed by atoms with Crippen molar-refractivity contribution in [3.8, 4) is 0 Å². The Labute approximate surface area is 111 Å². The van der Waals surface area contributed by atoms with Gasteiger partial charge in [0.1, 0.15) is 0 Å². The average molecular weight is 252 g/mol. The molecule has 18 heavy (non-hydrogen) atoms. The molecular formula is C15H28N2O. The summed E-state index contributed by atoms with van der Waals surface area (Å²) in [6, 6.07) is -0.0484. The summed E-state index contributed by atoms with van der Waals surface area (Å²) in [5.74, 6) is 0.805. The summed E-state index contributed by atoms with van der Waals surface area (Å²) in [5, 5.41) is 3.26. The Morgan fingerprint density at radius 2 is 2.11 bits per heavy atom. The zero-order valence-corrected chi connectivity index (χ0v) is 12.3. The number of hydrogen-bond donors (Lipinski definition) is 2. The van der Waals surface area contributed by atoms with Crippen LogP contribution in [0.2, 0.25) is 0 Å². The first-order valence-corrected chi connectivity index (χ1v) is 7.37. The number of carbonyl (C=O) groups is 1. The highest BCUT2D eigenvalue weighted by Crippen LogP contribution is 2.62. The van der Waals surface area contributed by atoms with Gasteiger partial charge in [0, 0.05) is 6.04 Å². The van der Waals surface area contributed by atoms with E-state index in [1.807, 2.05) is 0 Å². The lowest BCUT2D eigenvalue weighted by Gasteiger charge is -2.43. The van der Waals surface area contributed by atoms with E-state index in [2.05, 4.69) is 33.0 Å². The van der Waals surface area contributed by atoms with Gasteiger partial charge in [-0.15, -0.1) is 0 Å². The number of fused-ring (bicyclic) bond motifs is 2. The van der Waals surface area contributed by atoms with E-state index in [1.165, 1.54) is 19.3 Å². The maximum Gasteiger partial charge on any atom is 0.237 e. The van der Waals surface area contributed by atoms with Crippen molar-refractivity contribution < 1.29 is 4.79 Å². The van der Waals surface area contributed by atoms with E-state index >= 15 is 0 Å². The molecule has 0 aliphatic heterocycles. The molecule has 3 nitrogen and oxygen atoms in total. The lowest BCUT2D eigenvalue weighted by atomic mass is 9.68. The van der Waals surface area contributed by atoms with Crippen LogP contribution in [0.15, 0.2) is 0 Å². The molecule has 0 aromatic rings. The maximum atomic E-state index is 12.2. The zero-order chi connectivity index (χ0) is 13.6. The highest BCUT2D eigenvalue weighted by molar-refractivity contribution is 5.82. The average Bonchev–Trinajstić information content (AvgIpc) is 2.75. The Kier molecular flexibility index (Phi) is 3.48. The number of amides is 1. The molecule has 104 valence electrons. The van der Waals surface area contributed by atoms with Gasteiger partial charge < -0.3 is 11.1 Å². The topological polar surface area (TPSA) is 55.1 Å². The van der Waals surface area contributed by atoms with Gasteiger partial charge in [-0.3, -0.25) is 4.79 Å². The van der Waals surface area contributed by atoms with Gasteiger partial charge in [0.05, 0.1) is 6.04 Å². The molecule has 0 saturated heterocycles. The van der Waals surface area contributed by atoms with Crippen molar-refractivity contribution >= 4 is 5.91 Å². The molecule has 0 spiro atoms. The van der Waals surface area contributed by atoms with Crippen molar-refractivity contribution in [3.63, 3.8) is 0 Å². The molecule has 2 saturated carbocycles. The van der Waals surface area contributed by atoms with Crippen LogP contribution in [-0.4, -0.2) is 18.0 Å². The molecule has 3 N–H and O–H groups in total. The van der Waals surface area contributed by atoms with Gasteiger partial charge in [0.2, 0.25) is 5.91 Å². The molecular weight excluding hydrogens is 224 g/mol. The Bertz CT molecular complexity index is 335. The highest BCUT2D eigenvalue weighted by atomic mass is 16.2. The predicted molar refractivity (Wildman–Crippen MR) is 74.0 cm³/mol. The zero-order valence-electron chi connectivity index (χ0n) is 12.3. The van der Waals surface area contributed by atoms with Crippen molar-refractivity contribution in [2.45, 2.75) is 71.9 Å². The lowest BCUT2D eigenvalue weighted by molar-refractivity contribution is -0.125. The first-order valence-electron chi connectivity index (χ1n) is 7.37. The van der Waals surface area contributed by atoms with E-state index in [-0.39, 0.29) is 22.8 Å². The number of nitrogens with one attached hydrogen (secondary N) is 1. The maximum absolute atomic E-state index is 12.2. The van der Waals surface area contributed by atoms with Crippen molar-refractivity contribution in [1.82, 2.24) is 5.32 Å². The van der Waals surface area contributed by atoms with Crippen LogP contribution < -0.4 is 11.1 Å². The first-order chi connectivity index (χ1) is 8.31. The SMILES string of the molecule is CCCC(N)C(=O)NC1C2(C)CCC(C2)C1(C)C. The fourth-order valence-electron chi connectivity index (χ4n) is 4.35. The molecule has 2 fully saturated rings. The third kappa shape index (κ3) is 2.07. The van der Waals surface area contributed by atoms with Crippen LogP contribution in [0.25, 0.3) is 0 Å². The van der Waals surface area contributed by atoms with E-state index < -0.39 is 0 Å². The minimum Gasteiger partial charge on any atom is -0.351 e. The summed E-state index contributed by atoms with van der Waals surface area (Å²) in [6.07, 6.45) is 5.56. The molecule has 0 radical (unpaired) electrons. The summed E-state index contributed by atoms with van der Waals surface area (Å²) in [4.78, 5) is 12.2. The molecule has 0 heterocycles. The van der Waals surface area contributed by atoms with Gasteiger partial charge in [-0.1, -0.05) is 34.1 Å². The van der Waals surface area contributed by atoms with E-state index in [1.54, 1.807) is 0 Å². The summed E-state index contributed by atoms with van der Waals surface area (Å²) in [7, 11) is 0. The normalized spacial score (nSPS) is 38.7. The molecule has 2 aliphatic carbocycles. The summed E-state index contributed by atoms with van der Waals surface area (Å²) in [6.45, 7) is 9.00. The molecule has 3 heteroatoms. The molecule has 2 rings (SSSR count). The highest BCUT2D eigenvalue weighted by Gasteiger charge is 2.59. The second kappa shape index (κ2) is 4.52. The molecule has 0 aromatic carbocycles. The van der Waals surface area contributed by atoms with Crippen LogP contribution in [0, 0.1) is 16.7 Å². The molecule has 2 aliphatic rings. The van der Waals surface area contributed by atoms with Crippen molar-refractivity contribution in [2.75, 3.05) is 0 Å². The van der Waals surface area contributed by atoms with Crippen molar-refractivity contribution in [1.29, 1.82) is 0 Å². The van der Waals surface area contributed by atoms with Gasteiger partial charge in [0.25, 0.3) is 0 Å². The number of carbonyl (C=O) groups excluding carboxylic acids is 1. The third-order valence-corrected chi connectivity index (χ3v) is 5.49. The van der Waals surface area contributed by atoms with Crippen LogP contribution in [0.1, 0.15) is 59.8 Å². The second-order valence-electron chi connectivity index (χ2n) is 7.25. The minimum absolute atomic E-state index is 0.0451. The van der Waals surface area contributed by atoms with Crippen LogP contribution in [-0.2, 0) is 4.79 Å². The fraction of sp³-hybridized carbons (Fsp3) is 0.933.